The molecular weight excluding hydrogens is 318 g/mol. The molecule has 128 valence electrons. The Morgan fingerprint density at radius 3 is 2.57 bits per heavy atom. The molecule has 1 N–H and O–H groups in total. The van der Waals surface area contributed by atoms with Gasteiger partial charge in [0, 0.05) is 19.7 Å². The Hall–Kier alpha value is -1.44. The van der Waals surface area contributed by atoms with Crippen LogP contribution >= 0.6 is 0 Å². The summed E-state index contributed by atoms with van der Waals surface area (Å²) < 4.78 is 31.8. The number of nitrogens with zero attached hydrogens (tertiary/aromatic N) is 1. The van der Waals surface area contributed by atoms with E-state index >= 15 is 0 Å². The van der Waals surface area contributed by atoms with Gasteiger partial charge in [-0.1, -0.05) is 17.7 Å². The van der Waals surface area contributed by atoms with Crippen LogP contribution in [0.1, 0.15) is 18.9 Å². The van der Waals surface area contributed by atoms with Crippen molar-refractivity contribution in [1.82, 2.24) is 4.31 Å². The van der Waals surface area contributed by atoms with Crippen molar-refractivity contribution >= 4 is 16.0 Å². The number of carbonyl (C=O) groups is 1. The van der Waals surface area contributed by atoms with Gasteiger partial charge in [0.15, 0.2) is 0 Å². The van der Waals surface area contributed by atoms with Gasteiger partial charge < -0.3 is 9.84 Å². The summed E-state index contributed by atoms with van der Waals surface area (Å²) in [6.07, 6.45) is 0.436. The summed E-state index contributed by atoms with van der Waals surface area (Å²) in [4.78, 5) is 12.3. The molecule has 1 aliphatic rings. The number of aliphatic hydroxyl groups excluding tert-OH is 1. The van der Waals surface area contributed by atoms with Gasteiger partial charge in [0.2, 0.25) is 10.0 Å². The second-order valence-corrected chi connectivity index (χ2v) is 7.70. The number of piperidine rings is 1. The standard InChI is InChI=1S/C16H23NO5S/c1-3-22-16(19)15-10-17(9-8-13(15)11-18)23(20,21)14-6-4-12(2)5-7-14/h4-7,13,15,18H,3,8-11H2,1-2H3/t13-,15?/m0/s1. The number of sulfonamides is 1. The number of aliphatic hydroxyl groups is 1. The van der Waals surface area contributed by atoms with Crippen molar-refractivity contribution in [3.8, 4) is 0 Å². The lowest BCUT2D eigenvalue weighted by atomic mass is 9.87. The number of esters is 1. The molecular formula is C16H23NO5S. The van der Waals surface area contributed by atoms with Gasteiger partial charge >= 0.3 is 5.97 Å². The molecule has 1 saturated heterocycles. The third kappa shape index (κ3) is 3.91. The van der Waals surface area contributed by atoms with Crippen LogP contribution in [-0.4, -0.2) is 50.1 Å². The summed E-state index contributed by atoms with van der Waals surface area (Å²) in [6, 6.07) is 6.64. The highest BCUT2D eigenvalue weighted by Gasteiger charge is 2.39. The summed E-state index contributed by atoms with van der Waals surface area (Å²) in [7, 11) is -3.65. The Morgan fingerprint density at radius 1 is 1.35 bits per heavy atom. The van der Waals surface area contributed by atoms with Crippen LogP contribution in [0.4, 0.5) is 0 Å². The van der Waals surface area contributed by atoms with E-state index in [9.17, 15) is 18.3 Å². The number of carbonyl (C=O) groups excluding carboxylic acids is 1. The van der Waals surface area contributed by atoms with E-state index in [-0.39, 0.29) is 37.1 Å². The summed E-state index contributed by atoms with van der Waals surface area (Å²) in [5.41, 5.74) is 0.979. The van der Waals surface area contributed by atoms with E-state index in [4.69, 9.17) is 4.74 Å². The molecule has 0 bridgehead atoms. The van der Waals surface area contributed by atoms with E-state index in [1.807, 2.05) is 6.92 Å². The molecule has 0 radical (unpaired) electrons. The monoisotopic (exact) mass is 341 g/mol. The van der Waals surface area contributed by atoms with Gasteiger partial charge in [0.25, 0.3) is 0 Å². The molecule has 1 unspecified atom stereocenters. The molecule has 0 saturated carbocycles. The van der Waals surface area contributed by atoms with Crippen LogP contribution in [-0.2, 0) is 19.6 Å². The number of ether oxygens (including phenoxy) is 1. The lowest BCUT2D eigenvalue weighted by molar-refractivity contribution is -0.152. The van der Waals surface area contributed by atoms with Crippen molar-refractivity contribution in [1.29, 1.82) is 0 Å². The molecule has 2 rings (SSSR count). The molecule has 1 heterocycles. The summed E-state index contributed by atoms with van der Waals surface area (Å²) in [6.45, 7) is 4.01. The minimum Gasteiger partial charge on any atom is -0.466 e. The number of rotatable bonds is 5. The van der Waals surface area contributed by atoms with Crippen LogP contribution in [0.2, 0.25) is 0 Å². The van der Waals surface area contributed by atoms with Crippen molar-refractivity contribution < 1.29 is 23.1 Å². The lowest BCUT2D eigenvalue weighted by Gasteiger charge is -2.35. The first-order chi connectivity index (χ1) is 10.9. The zero-order valence-electron chi connectivity index (χ0n) is 13.4. The molecule has 23 heavy (non-hydrogen) atoms. The van der Waals surface area contributed by atoms with Crippen LogP contribution < -0.4 is 0 Å². The fraction of sp³-hybridized carbons (Fsp3) is 0.562. The van der Waals surface area contributed by atoms with Gasteiger partial charge in [-0.15, -0.1) is 0 Å². The maximum Gasteiger partial charge on any atom is 0.310 e. The smallest absolute Gasteiger partial charge is 0.310 e. The molecule has 2 atom stereocenters. The van der Waals surface area contributed by atoms with Gasteiger partial charge in [0.05, 0.1) is 17.4 Å². The number of hydrogen-bond donors (Lipinski definition) is 1. The van der Waals surface area contributed by atoms with Crippen molar-refractivity contribution in [3.63, 3.8) is 0 Å². The van der Waals surface area contributed by atoms with Gasteiger partial charge in [-0.3, -0.25) is 4.79 Å². The second kappa shape index (κ2) is 7.42. The topological polar surface area (TPSA) is 83.9 Å². The zero-order valence-corrected chi connectivity index (χ0v) is 14.3. The molecule has 1 fully saturated rings. The minimum atomic E-state index is -3.65. The van der Waals surface area contributed by atoms with E-state index < -0.39 is 21.9 Å². The number of hydrogen-bond acceptors (Lipinski definition) is 5. The molecule has 0 spiro atoms. The molecule has 6 nitrogen and oxygen atoms in total. The van der Waals surface area contributed by atoms with Gasteiger partial charge in [-0.2, -0.15) is 4.31 Å². The quantitative estimate of drug-likeness (QED) is 0.813. The molecule has 1 aromatic carbocycles. The fourth-order valence-corrected chi connectivity index (χ4v) is 4.26. The van der Waals surface area contributed by atoms with Crippen molar-refractivity contribution in [2.45, 2.75) is 25.2 Å². The van der Waals surface area contributed by atoms with Gasteiger partial charge in [0.1, 0.15) is 0 Å². The third-order valence-corrected chi connectivity index (χ3v) is 6.08. The normalized spacial score (nSPS) is 22.7. The fourth-order valence-electron chi connectivity index (χ4n) is 2.78. The SMILES string of the molecule is CCOC(=O)C1CN(S(=O)(=O)c2ccc(C)cc2)CC[C@H]1CO. The van der Waals surface area contributed by atoms with Gasteiger partial charge in [-0.05, 0) is 38.3 Å². The first-order valence-electron chi connectivity index (χ1n) is 7.74. The maximum absolute atomic E-state index is 12.7. The van der Waals surface area contributed by atoms with Crippen molar-refractivity contribution in [2.75, 3.05) is 26.3 Å². The Morgan fingerprint density at radius 2 is 2.00 bits per heavy atom. The van der Waals surface area contributed by atoms with Crippen LogP contribution in [0, 0.1) is 18.8 Å². The highest BCUT2D eigenvalue weighted by atomic mass is 32.2. The van der Waals surface area contributed by atoms with Crippen LogP contribution in [0.25, 0.3) is 0 Å². The summed E-state index contributed by atoms with van der Waals surface area (Å²) >= 11 is 0. The van der Waals surface area contributed by atoms with E-state index in [1.54, 1.807) is 31.2 Å². The predicted molar refractivity (Wildman–Crippen MR) is 85.3 cm³/mol. The molecule has 0 aromatic heterocycles. The molecule has 1 aromatic rings. The van der Waals surface area contributed by atoms with Crippen molar-refractivity contribution in [2.24, 2.45) is 11.8 Å². The second-order valence-electron chi connectivity index (χ2n) is 5.77. The average Bonchev–Trinajstić information content (AvgIpc) is 2.54. The maximum atomic E-state index is 12.7. The highest BCUT2D eigenvalue weighted by molar-refractivity contribution is 7.89. The molecule has 0 amide bonds. The van der Waals surface area contributed by atoms with E-state index in [0.717, 1.165) is 5.56 Å². The average molecular weight is 341 g/mol. The number of aryl methyl sites for hydroxylation is 1. The highest BCUT2D eigenvalue weighted by Crippen LogP contribution is 2.28. The summed E-state index contributed by atoms with van der Waals surface area (Å²) in [5, 5.41) is 9.44. The minimum absolute atomic E-state index is 0.0419. The molecule has 7 heteroatoms. The summed E-state index contributed by atoms with van der Waals surface area (Å²) in [5.74, 6) is -1.34. The van der Waals surface area contributed by atoms with E-state index in [1.165, 1.54) is 4.31 Å². The van der Waals surface area contributed by atoms with E-state index in [2.05, 4.69) is 0 Å². The zero-order chi connectivity index (χ0) is 17.0. The Bertz CT molecular complexity index is 641. The van der Waals surface area contributed by atoms with Crippen LogP contribution in [0.3, 0.4) is 0 Å². The first kappa shape index (κ1) is 17.9. The third-order valence-electron chi connectivity index (χ3n) is 4.20. The Balaban J connectivity index is 2.22. The predicted octanol–water partition coefficient (Wildman–Crippen LogP) is 1.18. The number of benzene rings is 1. The largest absolute Gasteiger partial charge is 0.466 e. The van der Waals surface area contributed by atoms with Crippen LogP contribution in [0.15, 0.2) is 29.2 Å². The Labute approximate surface area is 137 Å². The van der Waals surface area contributed by atoms with Crippen molar-refractivity contribution in [3.05, 3.63) is 29.8 Å². The first-order valence-corrected chi connectivity index (χ1v) is 9.18. The lowest BCUT2D eigenvalue weighted by Crippen LogP contribution is -2.47. The van der Waals surface area contributed by atoms with Crippen LogP contribution in [0.5, 0.6) is 0 Å². The van der Waals surface area contributed by atoms with Gasteiger partial charge in [-0.25, -0.2) is 8.42 Å². The van der Waals surface area contributed by atoms with E-state index in [0.29, 0.717) is 6.42 Å². The Kier molecular flexibility index (Phi) is 5.78. The molecule has 1 aliphatic heterocycles. The molecule has 0 aliphatic carbocycles.